The SMILES string of the molecule is CC1(NC(=O)C(C)(N)C2CC2)CCS(=O)(=O)C1. The van der Waals surface area contributed by atoms with Crippen molar-refractivity contribution in [3.05, 3.63) is 0 Å². The normalized spacial score (nSPS) is 35.2. The summed E-state index contributed by atoms with van der Waals surface area (Å²) in [4.78, 5) is 12.1. The van der Waals surface area contributed by atoms with E-state index in [0.717, 1.165) is 12.8 Å². The summed E-state index contributed by atoms with van der Waals surface area (Å²) in [5.74, 6) is 0.185. The van der Waals surface area contributed by atoms with Gasteiger partial charge in [-0.25, -0.2) is 8.42 Å². The average molecular weight is 260 g/mol. The monoisotopic (exact) mass is 260 g/mol. The molecule has 0 aromatic heterocycles. The Morgan fingerprint density at radius 1 is 1.47 bits per heavy atom. The molecule has 1 heterocycles. The average Bonchev–Trinajstić information content (AvgIpc) is 2.94. The van der Waals surface area contributed by atoms with E-state index in [9.17, 15) is 13.2 Å². The van der Waals surface area contributed by atoms with Gasteiger partial charge in [0.1, 0.15) is 0 Å². The number of hydrogen-bond donors (Lipinski definition) is 2. The van der Waals surface area contributed by atoms with Crippen molar-refractivity contribution < 1.29 is 13.2 Å². The number of carbonyl (C=O) groups is 1. The highest BCUT2D eigenvalue weighted by atomic mass is 32.2. The van der Waals surface area contributed by atoms with E-state index in [1.807, 2.05) is 0 Å². The van der Waals surface area contributed by atoms with Crippen molar-refractivity contribution in [3.8, 4) is 0 Å². The van der Waals surface area contributed by atoms with Gasteiger partial charge in [0.2, 0.25) is 5.91 Å². The van der Waals surface area contributed by atoms with E-state index in [4.69, 9.17) is 5.73 Å². The minimum absolute atomic E-state index is 0.0203. The first-order valence-corrected chi connectivity index (χ1v) is 7.79. The molecule has 1 aliphatic carbocycles. The second-order valence-electron chi connectivity index (χ2n) is 5.91. The van der Waals surface area contributed by atoms with E-state index in [2.05, 4.69) is 5.32 Å². The molecule has 2 unspecified atom stereocenters. The number of sulfone groups is 1. The van der Waals surface area contributed by atoms with Crippen LogP contribution >= 0.6 is 0 Å². The second kappa shape index (κ2) is 3.68. The molecule has 0 aromatic carbocycles. The molecule has 1 saturated carbocycles. The lowest BCUT2D eigenvalue weighted by Crippen LogP contribution is -2.59. The van der Waals surface area contributed by atoms with Crippen LogP contribution in [-0.2, 0) is 14.6 Å². The zero-order valence-electron chi connectivity index (χ0n) is 10.3. The molecule has 2 aliphatic rings. The van der Waals surface area contributed by atoms with Crippen molar-refractivity contribution in [2.45, 2.75) is 44.2 Å². The molecule has 0 bridgehead atoms. The first-order valence-electron chi connectivity index (χ1n) is 5.97. The lowest BCUT2D eigenvalue weighted by Gasteiger charge is -2.30. The van der Waals surface area contributed by atoms with E-state index in [0.29, 0.717) is 6.42 Å². The first-order chi connectivity index (χ1) is 7.65. The standard InChI is InChI=1S/C11H20N2O3S/c1-10(5-6-17(15,16)7-10)13-9(14)11(2,12)8-3-4-8/h8H,3-7,12H2,1-2H3,(H,13,14). The molecule has 0 radical (unpaired) electrons. The van der Waals surface area contributed by atoms with Gasteiger partial charge < -0.3 is 11.1 Å². The molecular weight excluding hydrogens is 240 g/mol. The second-order valence-corrected chi connectivity index (χ2v) is 8.10. The Morgan fingerprint density at radius 3 is 2.47 bits per heavy atom. The van der Waals surface area contributed by atoms with Crippen molar-refractivity contribution in [2.75, 3.05) is 11.5 Å². The molecule has 1 amide bonds. The van der Waals surface area contributed by atoms with Crippen LogP contribution in [0.15, 0.2) is 0 Å². The summed E-state index contributed by atoms with van der Waals surface area (Å²) < 4.78 is 22.9. The van der Waals surface area contributed by atoms with Crippen LogP contribution in [0.5, 0.6) is 0 Å². The van der Waals surface area contributed by atoms with Gasteiger partial charge in [0.25, 0.3) is 0 Å². The molecule has 2 fully saturated rings. The third-order valence-electron chi connectivity index (χ3n) is 3.83. The minimum atomic E-state index is -3.01. The number of hydrogen-bond acceptors (Lipinski definition) is 4. The maximum atomic E-state index is 12.1. The van der Waals surface area contributed by atoms with E-state index in [-0.39, 0.29) is 23.3 Å². The topological polar surface area (TPSA) is 89.3 Å². The van der Waals surface area contributed by atoms with Crippen LogP contribution in [0.1, 0.15) is 33.1 Å². The molecule has 5 nitrogen and oxygen atoms in total. The third kappa shape index (κ3) is 2.63. The van der Waals surface area contributed by atoms with Crippen LogP contribution in [0.2, 0.25) is 0 Å². The van der Waals surface area contributed by atoms with Gasteiger partial charge in [0.15, 0.2) is 9.84 Å². The van der Waals surface area contributed by atoms with Crippen LogP contribution < -0.4 is 11.1 Å². The van der Waals surface area contributed by atoms with Crippen molar-refractivity contribution in [3.63, 3.8) is 0 Å². The predicted octanol–water partition coefficient (Wildman–Crippen LogP) is -0.193. The van der Waals surface area contributed by atoms with E-state index in [1.165, 1.54) is 0 Å². The van der Waals surface area contributed by atoms with Gasteiger partial charge in [0, 0.05) is 0 Å². The highest BCUT2D eigenvalue weighted by Crippen LogP contribution is 2.38. The van der Waals surface area contributed by atoms with Crippen molar-refractivity contribution >= 4 is 15.7 Å². The Bertz CT molecular complexity index is 440. The largest absolute Gasteiger partial charge is 0.348 e. The van der Waals surface area contributed by atoms with Crippen LogP contribution in [0.3, 0.4) is 0 Å². The zero-order valence-corrected chi connectivity index (χ0v) is 11.1. The van der Waals surface area contributed by atoms with Gasteiger partial charge in [-0.2, -0.15) is 0 Å². The molecule has 1 saturated heterocycles. The zero-order chi connectivity index (χ0) is 12.9. The fourth-order valence-electron chi connectivity index (χ4n) is 2.39. The summed E-state index contributed by atoms with van der Waals surface area (Å²) in [5, 5.41) is 2.83. The van der Waals surface area contributed by atoms with Crippen molar-refractivity contribution in [2.24, 2.45) is 11.7 Å². The van der Waals surface area contributed by atoms with Gasteiger partial charge in [-0.05, 0) is 39.0 Å². The van der Waals surface area contributed by atoms with Gasteiger partial charge in [-0.3, -0.25) is 4.79 Å². The molecule has 2 atom stereocenters. The summed E-state index contributed by atoms with van der Waals surface area (Å²) in [6.07, 6.45) is 2.44. The van der Waals surface area contributed by atoms with Crippen LogP contribution in [-0.4, -0.2) is 36.9 Å². The molecule has 3 N–H and O–H groups in total. The Labute approximate surface area is 102 Å². The van der Waals surface area contributed by atoms with Gasteiger partial charge >= 0.3 is 0 Å². The van der Waals surface area contributed by atoms with E-state index < -0.39 is 20.9 Å². The van der Waals surface area contributed by atoms with Crippen molar-refractivity contribution in [1.82, 2.24) is 5.32 Å². The Morgan fingerprint density at radius 2 is 2.06 bits per heavy atom. The molecule has 2 rings (SSSR count). The Balaban J connectivity index is 2.04. The summed E-state index contributed by atoms with van der Waals surface area (Å²) in [7, 11) is -3.01. The van der Waals surface area contributed by atoms with Gasteiger partial charge in [0.05, 0.1) is 22.6 Å². The van der Waals surface area contributed by atoms with Gasteiger partial charge in [-0.15, -0.1) is 0 Å². The predicted molar refractivity (Wildman–Crippen MR) is 65.1 cm³/mol. The quantitative estimate of drug-likeness (QED) is 0.736. The Hall–Kier alpha value is -0.620. The molecule has 98 valence electrons. The van der Waals surface area contributed by atoms with Crippen LogP contribution in [0.25, 0.3) is 0 Å². The summed E-state index contributed by atoms with van der Waals surface area (Å²) in [5.41, 5.74) is 4.50. The molecule has 0 aromatic rings. The number of amides is 1. The maximum absolute atomic E-state index is 12.1. The molecule has 0 spiro atoms. The third-order valence-corrected chi connectivity index (χ3v) is 5.74. The smallest absolute Gasteiger partial charge is 0.240 e. The van der Waals surface area contributed by atoms with Crippen LogP contribution in [0, 0.1) is 5.92 Å². The Kier molecular flexibility index (Phi) is 2.78. The van der Waals surface area contributed by atoms with E-state index in [1.54, 1.807) is 13.8 Å². The number of rotatable bonds is 3. The van der Waals surface area contributed by atoms with Crippen LogP contribution in [0.4, 0.5) is 0 Å². The number of nitrogens with one attached hydrogen (secondary N) is 1. The lowest BCUT2D eigenvalue weighted by atomic mass is 9.93. The van der Waals surface area contributed by atoms with E-state index >= 15 is 0 Å². The fraction of sp³-hybridized carbons (Fsp3) is 0.909. The van der Waals surface area contributed by atoms with Crippen molar-refractivity contribution in [1.29, 1.82) is 0 Å². The maximum Gasteiger partial charge on any atom is 0.240 e. The summed E-state index contributed by atoms with van der Waals surface area (Å²) >= 11 is 0. The fourth-order valence-corrected chi connectivity index (χ4v) is 4.48. The molecule has 1 aliphatic heterocycles. The highest BCUT2D eigenvalue weighted by Gasteiger charge is 2.47. The molecule has 17 heavy (non-hydrogen) atoms. The lowest BCUT2D eigenvalue weighted by molar-refractivity contribution is -0.128. The molecular formula is C11H20N2O3S. The number of nitrogens with two attached hydrogens (primary N) is 1. The number of carbonyl (C=O) groups excluding carboxylic acids is 1. The highest BCUT2D eigenvalue weighted by molar-refractivity contribution is 7.91. The molecule has 6 heteroatoms. The minimum Gasteiger partial charge on any atom is -0.348 e. The van der Waals surface area contributed by atoms with Gasteiger partial charge in [-0.1, -0.05) is 0 Å². The summed E-state index contributed by atoms with van der Waals surface area (Å²) in [6.45, 7) is 3.51. The summed E-state index contributed by atoms with van der Waals surface area (Å²) in [6, 6.07) is 0. The first kappa shape index (κ1) is 12.8.